The van der Waals surface area contributed by atoms with Crippen LogP contribution in [-0.4, -0.2) is 18.1 Å². The van der Waals surface area contributed by atoms with Crippen LogP contribution in [0.2, 0.25) is 5.02 Å². The lowest BCUT2D eigenvalue weighted by molar-refractivity contribution is 0.322. The molecule has 0 saturated carbocycles. The lowest BCUT2D eigenvalue weighted by Crippen LogP contribution is -2.18. The predicted molar refractivity (Wildman–Crippen MR) is 89.6 cm³/mol. The lowest BCUT2D eigenvalue weighted by atomic mass is 10.1. The van der Waals surface area contributed by atoms with Gasteiger partial charge in [0, 0.05) is 22.4 Å². The van der Waals surface area contributed by atoms with E-state index in [0.717, 1.165) is 35.0 Å². The normalized spacial score (nSPS) is 12.4. The monoisotopic (exact) mass is 324 g/mol. The molecule has 1 aromatic carbocycles. The fourth-order valence-corrected chi connectivity index (χ4v) is 3.29. The molecule has 21 heavy (non-hydrogen) atoms. The third-order valence-electron chi connectivity index (χ3n) is 3.39. The van der Waals surface area contributed by atoms with Gasteiger partial charge in [-0.05, 0) is 38.1 Å². The van der Waals surface area contributed by atoms with Crippen molar-refractivity contribution in [3.63, 3.8) is 0 Å². The minimum atomic E-state index is 0.247. The summed E-state index contributed by atoms with van der Waals surface area (Å²) in [4.78, 5) is 5.52. The average molecular weight is 325 g/mol. The summed E-state index contributed by atoms with van der Waals surface area (Å²) in [5.74, 6) is 0.814. The molecule has 0 radical (unpaired) electrons. The molecule has 5 heteroatoms. The minimum Gasteiger partial charge on any atom is -0.493 e. The zero-order valence-electron chi connectivity index (χ0n) is 12.6. The molecule has 0 amide bonds. The van der Waals surface area contributed by atoms with E-state index in [2.05, 4.69) is 24.1 Å². The molecule has 0 fully saturated rings. The van der Waals surface area contributed by atoms with Crippen LogP contribution in [0.1, 0.15) is 36.0 Å². The van der Waals surface area contributed by atoms with Gasteiger partial charge in [0.05, 0.1) is 17.8 Å². The zero-order chi connectivity index (χ0) is 15.2. The van der Waals surface area contributed by atoms with Crippen LogP contribution >= 0.6 is 22.9 Å². The molecule has 2 rings (SSSR count). The van der Waals surface area contributed by atoms with Crippen LogP contribution in [0.4, 0.5) is 0 Å². The molecule has 1 atom stereocenters. The van der Waals surface area contributed by atoms with Crippen molar-refractivity contribution in [3.8, 4) is 5.75 Å². The molecule has 1 heterocycles. The van der Waals surface area contributed by atoms with Crippen LogP contribution in [0, 0.1) is 6.92 Å². The van der Waals surface area contributed by atoms with E-state index < -0.39 is 0 Å². The third-order valence-corrected chi connectivity index (χ3v) is 4.71. The quantitative estimate of drug-likeness (QED) is 0.819. The summed E-state index contributed by atoms with van der Waals surface area (Å²) in [5.41, 5.74) is 4.07. The van der Waals surface area contributed by atoms with Crippen molar-refractivity contribution in [1.82, 2.24) is 10.3 Å². The summed E-state index contributed by atoms with van der Waals surface area (Å²) >= 11 is 8.01. The number of halogens is 1. The molecule has 0 spiro atoms. The Labute approximate surface area is 135 Å². The van der Waals surface area contributed by atoms with Gasteiger partial charge >= 0.3 is 0 Å². The summed E-state index contributed by atoms with van der Waals surface area (Å²) in [5, 5.41) is 4.10. The second-order valence-electron chi connectivity index (χ2n) is 4.92. The van der Waals surface area contributed by atoms with E-state index in [0.29, 0.717) is 6.61 Å². The number of hydrogen-bond donors (Lipinski definition) is 1. The zero-order valence-corrected chi connectivity index (χ0v) is 14.2. The number of benzene rings is 1. The van der Waals surface area contributed by atoms with E-state index in [1.165, 1.54) is 4.88 Å². The molecule has 0 aliphatic rings. The fraction of sp³-hybridized carbons (Fsp3) is 0.438. The molecule has 0 aliphatic heterocycles. The molecule has 0 aliphatic carbocycles. The Morgan fingerprint density at radius 2 is 2.24 bits per heavy atom. The lowest BCUT2D eigenvalue weighted by Gasteiger charge is -2.15. The van der Waals surface area contributed by atoms with E-state index in [-0.39, 0.29) is 6.04 Å². The van der Waals surface area contributed by atoms with Gasteiger partial charge in [-0.3, -0.25) is 0 Å². The first-order valence-corrected chi connectivity index (χ1v) is 8.42. The van der Waals surface area contributed by atoms with E-state index >= 15 is 0 Å². The standard InChI is InChI=1S/C16H21ClN2OS/c1-4-18-11(2)14-6-5-13(9-15(14)17)20-8-7-16-12(3)19-10-21-16/h5-6,9-11,18H,4,7-8H2,1-3H3. The summed E-state index contributed by atoms with van der Waals surface area (Å²) in [6.07, 6.45) is 0.879. The molecule has 1 aromatic heterocycles. The van der Waals surface area contributed by atoms with Gasteiger partial charge in [0.1, 0.15) is 5.75 Å². The molecule has 0 bridgehead atoms. The van der Waals surface area contributed by atoms with Crippen molar-refractivity contribution in [2.75, 3.05) is 13.2 Å². The number of nitrogens with one attached hydrogen (secondary N) is 1. The number of hydrogen-bond acceptors (Lipinski definition) is 4. The minimum absolute atomic E-state index is 0.247. The highest BCUT2D eigenvalue weighted by Crippen LogP contribution is 2.27. The van der Waals surface area contributed by atoms with Gasteiger partial charge < -0.3 is 10.1 Å². The van der Waals surface area contributed by atoms with Crippen molar-refractivity contribution in [1.29, 1.82) is 0 Å². The summed E-state index contributed by atoms with van der Waals surface area (Å²) in [6.45, 7) is 7.78. The SMILES string of the molecule is CCNC(C)c1ccc(OCCc2scnc2C)cc1Cl. The van der Waals surface area contributed by atoms with Crippen LogP contribution in [0.25, 0.3) is 0 Å². The van der Waals surface area contributed by atoms with Gasteiger partial charge in [-0.1, -0.05) is 24.6 Å². The van der Waals surface area contributed by atoms with Crippen LogP contribution < -0.4 is 10.1 Å². The highest BCUT2D eigenvalue weighted by molar-refractivity contribution is 7.09. The third kappa shape index (κ3) is 4.43. The average Bonchev–Trinajstić information content (AvgIpc) is 2.85. The van der Waals surface area contributed by atoms with Gasteiger partial charge in [0.2, 0.25) is 0 Å². The Morgan fingerprint density at radius 3 is 2.86 bits per heavy atom. The summed E-state index contributed by atoms with van der Waals surface area (Å²) < 4.78 is 5.78. The number of rotatable bonds is 7. The maximum absolute atomic E-state index is 6.34. The Hall–Kier alpha value is -1.10. The Morgan fingerprint density at radius 1 is 1.43 bits per heavy atom. The largest absolute Gasteiger partial charge is 0.493 e. The van der Waals surface area contributed by atoms with Gasteiger partial charge in [-0.2, -0.15) is 0 Å². The molecule has 2 aromatic rings. The molecular formula is C16H21ClN2OS. The van der Waals surface area contributed by atoms with Crippen molar-refractivity contribution in [2.45, 2.75) is 33.2 Å². The van der Waals surface area contributed by atoms with Crippen LogP contribution in [-0.2, 0) is 6.42 Å². The van der Waals surface area contributed by atoms with Crippen molar-refractivity contribution < 1.29 is 4.74 Å². The Bertz CT molecular complexity index is 585. The Kier molecular flexibility index (Phi) is 6.03. The van der Waals surface area contributed by atoms with Gasteiger partial charge in [-0.25, -0.2) is 4.98 Å². The first kappa shape index (κ1) is 16.3. The Balaban J connectivity index is 1.92. The highest BCUT2D eigenvalue weighted by atomic mass is 35.5. The number of ether oxygens (including phenoxy) is 1. The molecule has 1 unspecified atom stereocenters. The van der Waals surface area contributed by atoms with Crippen molar-refractivity contribution in [3.05, 3.63) is 44.9 Å². The number of nitrogens with zero attached hydrogens (tertiary/aromatic N) is 1. The second kappa shape index (κ2) is 7.78. The van der Waals surface area contributed by atoms with Crippen molar-refractivity contribution in [2.24, 2.45) is 0 Å². The smallest absolute Gasteiger partial charge is 0.120 e. The first-order chi connectivity index (χ1) is 10.1. The number of aromatic nitrogens is 1. The van der Waals surface area contributed by atoms with Crippen LogP contribution in [0.3, 0.4) is 0 Å². The van der Waals surface area contributed by atoms with Crippen LogP contribution in [0.15, 0.2) is 23.7 Å². The predicted octanol–water partition coefficient (Wildman–Crippen LogP) is 4.40. The fourth-order valence-electron chi connectivity index (χ4n) is 2.19. The van der Waals surface area contributed by atoms with Gasteiger partial charge in [0.25, 0.3) is 0 Å². The van der Waals surface area contributed by atoms with Crippen LogP contribution in [0.5, 0.6) is 5.75 Å². The maximum atomic E-state index is 6.34. The number of thiazole rings is 1. The second-order valence-corrected chi connectivity index (χ2v) is 6.27. The van der Waals surface area contributed by atoms with E-state index in [4.69, 9.17) is 16.3 Å². The maximum Gasteiger partial charge on any atom is 0.120 e. The highest BCUT2D eigenvalue weighted by Gasteiger charge is 2.09. The molecule has 3 nitrogen and oxygen atoms in total. The molecule has 0 saturated heterocycles. The van der Waals surface area contributed by atoms with Gasteiger partial charge in [0.15, 0.2) is 0 Å². The van der Waals surface area contributed by atoms with Gasteiger partial charge in [-0.15, -0.1) is 11.3 Å². The molecule has 114 valence electrons. The van der Waals surface area contributed by atoms with E-state index in [9.17, 15) is 0 Å². The van der Waals surface area contributed by atoms with E-state index in [1.807, 2.05) is 30.6 Å². The summed E-state index contributed by atoms with van der Waals surface area (Å²) in [6, 6.07) is 6.15. The first-order valence-electron chi connectivity index (χ1n) is 7.16. The molecule has 1 N–H and O–H groups in total. The van der Waals surface area contributed by atoms with Crippen molar-refractivity contribution >= 4 is 22.9 Å². The van der Waals surface area contributed by atoms with E-state index in [1.54, 1.807) is 11.3 Å². The molecular weight excluding hydrogens is 304 g/mol. The topological polar surface area (TPSA) is 34.1 Å². The number of aryl methyl sites for hydroxylation is 1. The summed E-state index contributed by atoms with van der Waals surface area (Å²) in [7, 11) is 0.